The molecule has 0 atom stereocenters. The van der Waals surface area contributed by atoms with E-state index in [0.29, 0.717) is 17.5 Å². The average Bonchev–Trinajstić information content (AvgIpc) is 3.36. The smallest absolute Gasteiger partial charge is 0.0617 e. The quantitative estimate of drug-likeness (QED) is 0.282. The normalized spacial score (nSPS) is 11.9. The molecule has 0 unspecified atom stereocenters. The van der Waals surface area contributed by atoms with Gasteiger partial charge in [-0.15, -0.1) is 0 Å². The fourth-order valence-corrected chi connectivity index (χ4v) is 7.64. The fourth-order valence-electron chi connectivity index (χ4n) is 4.62. The minimum Gasteiger partial charge on any atom is -0.0617 e. The Bertz CT molecular complexity index is 1730. The van der Waals surface area contributed by atoms with Crippen LogP contribution in [0.15, 0.2) is 127 Å². The monoisotopic (exact) mass is 586 g/mol. The minimum atomic E-state index is -0.208. The van der Waals surface area contributed by atoms with Crippen molar-refractivity contribution in [1.82, 2.24) is 15.0 Å². The number of hydrogen-bond acceptors (Lipinski definition) is 3. The first-order valence-corrected chi connectivity index (χ1v) is 14.3. The minimum absolute atomic E-state index is 0.208. The topological polar surface area (TPSA) is 38.7 Å². The Morgan fingerprint density at radius 3 is 1.51 bits per heavy atom. The van der Waals surface area contributed by atoms with Crippen LogP contribution < -0.4 is 21.2 Å². The van der Waals surface area contributed by atoms with Crippen molar-refractivity contribution in [3.05, 3.63) is 135 Å². The van der Waals surface area contributed by atoms with Crippen LogP contribution in [-0.4, -0.2) is 15.0 Å². The summed E-state index contributed by atoms with van der Waals surface area (Å²) >= 11 is -0.208. The van der Waals surface area contributed by atoms with Crippen molar-refractivity contribution in [3.63, 3.8) is 0 Å². The molecular formula is C33H21IN3-. The van der Waals surface area contributed by atoms with E-state index in [-0.39, 0.29) is 21.2 Å². The molecule has 1 aliphatic heterocycles. The number of aromatic nitrogens is 3. The van der Waals surface area contributed by atoms with E-state index in [2.05, 4.69) is 91.0 Å². The Morgan fingerprint density at radius 1 is 0.351 bits per heavy atom. The van der Waals surface area contributed by atoms with E-state index in [1.54, 1.807) is 0 Å². The van der Waals surface area contributed by atoms with Gasteiger partial charge in [-0.1, -0.05) is 18.2 Å². The predicted octanol–water partition coefficient (Wildman–Crippen LogP) is 4.65. The van der Waals surface area contributed by atoms with E-state index in [9.17, 15) is 0 Å². The molecule has 0 amide bonds. The Morgan fingerprint density at radius 2 is 0.811 bits per heavy atom. The van der Waals surface area contributed by atoms with Gasteiger partial charge in [-0.25, -0.2) is 0 Å². The summed E-state index contributed by atoms with van der Waals surface area (Å²) < 4.78 is 2.90. The zero-order valence-corrected chi connectivity index (χ0v) is 22.0. The Hall–Kier alpha value is -4.16. The number of fused-ring (bicyclic) bond motifs is 3. The van der Waals surface area contributed by atoms with Crippen LogP contribution in [-0.2, 0) is 0 Å². The second-order valence-corrected chi connectivity index (χ2v) is 11.7. The van der Waals surface area contributed by atoms with Gasteiger partial charge in [0.2, 0.25) is 0 Å². The number of halogens is 1. The third-order valence-electron chi connectivity index (χ3n) is 6.51. The molecule has 6 aromatic rings. The Kier molecular flexibility index (Phi) is 5.59. The summed E-state index contributed by atoms with van der Waals surface area (Å²) in [5.74, 6) is 2.08. The number of benzene rings is 5. The molecule has 7 rings (SSSR count). The molecule has 0 fully saturated rings. The molecule has 1 aliphatic rings. The summed E-state index contributed by atoms with van der Waals surface area (Å²) in [6.45, 7) is 0. The van der Waals surface area contributed by atoms with Gasteiger partial charge in [0.05, 0.1) is 0 Å². The van der Waals surface area contributed by atoms with Gasteiger partial charge in [-0.2, -0.15) is 0 Å². The second-order valence-electron chi connectivity index (χ2n) is 8.88. The molecular weight excluding hydrogens is 565 g/mol. The van der Waals surface area contributed by atoms with Crippen LogP contribution in [0.1, 0.15) is 0 Å². The van der Waals surface area contributed by atoms with E-state index in [1.165, 1.54) is 29.4 Å². The van der Waals surface area contributed by atoms with E-state index >= 15 is 0 Å². The van der Waals surface area contributed by atoms with Gasteiger partial charge in [0.25, 0.3) is 0 Å². The van der Waals surface area contributed by atoms with Crippen molar-refractivity contribution in [2.24, 2.45) is 0 Å². The Labute approximate surface area is 226 Å². The maximum atomic E-state index is 4.97. The molecule has 176 valence electrons. The zero-order chi connectivity index (χ0) is 24.6. The third kappa shape index (κ3) is 4.23. The summed E-state index contributed by atoms with van der Waals surface area (Å²) in [6.07, 6.45) is 0. The molecule has 0 bridgehead atoms. The maximum absolute atomic E-state index is 4.97. The number of rotatable bonds is 4. The van der Waals surface area contributed by atoms with Gasteiger partial charge in [-0.05, 0) is 0 Å². The van der Waals surface area contributed by atoms with Crippen LogP contribution in [0.25, 0.3) is 56.4 Å². The van der Waals surface area contributed by atoms with E-state index in [0.717, 1.165) is 16.7 Å². The molecule has 2 heterocycles. The van der Waals surface area contributed by atoms with Crippen molar-refractivity contribution in [2.45, 2.75) is 0 Å². The van der Waals surface area contributed by atoms with Crippen LogP contribution in [0, 0.1) is 7.14 Å². The molecule has 5 aromatic carbocycles. The van der Waals surface area contributed by atoms with E-state index in [4.69, 9.17) is 15.0 Å². The summed E-state index contributed by atoms with van der Waals surface area (Å²) in [7, 11) is 0. The second kappa shape index (κ2) is 9.37. The van der Waals surface area contributed by atoms with Gasteiger partial charge >= 0.3 is 209 Å². The summed E-state index contributed by atoms with van der Waals surface area (Å²) in [6, 6.07) is 44.4. The van der Waals surface area contributed by atoms with Crippen molar-refractivity contribution in [2.75, 3.05) is 0 Å². The van der Waals surface area contributed by atoms with Gasteiger partial charge < -0.3 is 0 Å². The third-order valence-corrected chi connectivity index (χ3v) is 9.51. The molecule has 0 saturated carbocycles. The van der Waals surface area contributed by atoms with Gasteiger partial charge in [0, 0.05) is 0 Å². The van der Waals surface area contributed by atoms with Crippen LogP contribution in [0.2, 0.25) is 0 Å². The molecule has 4 heteroatoms. The van der Waals surface area contributed by atoms with E-state index < -0.39 is 0 Å². The summed E-state index contributed by atoms with van der Waals surface area (Å²) in [4.78, 5) is 14.8. The molecule has 0 aliphatic carbocycles. The molecule has 0 spiro atoms. The first-order valence-electron chi connectivity index (χ1n) is 12.2. The first kappa shape index (κ1) is 22.1. The van der Waals surface area contributed by atoms with Crippen LogP contribution in [0.4, 0.5) is 0 Å². The van der Waals surface area contributed by atoms with Gasteiger partial charge in [0.1, 0.15) is 0 Å². The van der Waals surface area contributed by atoms with E-state index in [1.807, 2.05) is 36.4 Å². The average molecular weight is 586 g/mol. The Balaban J connectivity index is 1.32. The zero-order valence-electron chi connectivity index (χ0n) is 19.8. The predicted molar refractivity (Wildman–Crippen MR) is 144 cm³/mol. The molecule has 1 aromatic heterocycles. The van der Waals surface area contributed by atoms with Crippen LogP contribution >= 0.6 is 0 Å². The van der Waals surface area contributed by atoms with Crippen molar-refractivity contribution >= 4 is 0 Å². The van der Waals surface area contributed by atoms with Crippen LogP contribution in [0.3, 0.4) is 0 Å². The number of nitrogens with zero attached hydrogens (tertiary/aromatic N) is 3. The SMILES string of the molecule is c1ccc(-c2ccc(-c3nc(-c4ccccc4)nc(-c4ccc5c(c4)[I-]c4ccccc4-5)n3)cc2)cc1. The molecule has 0 radical (unpaired) electrons. The van der Waals surface area contributed by atoms with Crippen molar-refractivity contribution in [3.8, 4) is 56.4 Å². The standard InChI is InChI=1S/C33H21IN3/c1-3-9-22(10-4-1)23-15-17-25(18-16-23)32-35-31(24-11-5-2-6-12-24)36-33(37-32)26-19-20-28-27-13-7-8-14-29(27)34-30(28)21-26/h1-21H/q-1. The molecule has 0 N–H and O–H groups in total. The van der Waals surface area contributed by atoms with Gasteiger partial charge in [0.15, 0.2) is 0 Å². The van der Waals surface area contributed by atoms with Crippen molar-refractivity contribution < 1.29 is 21.2 Å². The molecule has 0 saturated heterocycles. The fraction of sp³-hybridized carbons (Fsp3) is 0. The molecule has 3 nitrogen and oxygen atoms in total. The molecule has 37 heavy (non-hydrogen) atoms. The summed E-state index contributed by atoms with van der Waals surface area (Å²) in [5, 5.41) is 0. The summed E-state index contributed by atoms with van der Waals surface area (Å²) in [5.41, 5.74) is 8.07. The van der Waals surface area contributed by atoms with Crippen molar-refractivity contribution in [1.29, 1.82) is 0 Å². The number of hydrogen-bond donors (Lipinski definition) is 0. The van der Waals surface area contributed by atoms with Crippen LogP contribution in [0.5, 0.6) is 0 Å². The van der Waals surface area contributed by atoms with Gasteiger partial charge in [-0.3, -0.25) is 0 Å². The first-order chi connectivity index (χ1) is 18.3.